The van der Waals surface area contributed by atoms with Gasteiger partial charge in [-0.15, -0.1) is 0 Å². The SMILES string of the molecule is C/C=C(/Br)c1cnn(Cc2ccc(OC)cc2)c1C. The Labute approximate surface area is 122 Å². The van der Waals surface area contributed by atoms with E-state index in [1.807, 2.05) is 36.0 Å². The van der Waals surface area contributed by atoms with Crippen LogP contribution >= 0.6 is 15.9 Å². The highest BCUT2D eigenvalue weighted by Gasteiger charge is 2.08. The van der Waals surface area contributed by atoms with Gasteiger partial charge < -0.3 is 4.74 Å². The van der Waals surface area contributed by atoms with Gasteiger partial charge in [-0.1, -0.05) is 34.1 Å². The average molecular weight is 321 g/mol. The zero-order chi connectivity index (χ0) is 13.8. The van der Waals surface area contributed by atoms with Gasteiger partial charge in [0.1, 0.15) is 5.75 Å². The second-order valence-electron chi connectivity index (χ2n) is 4.29. The van der Waals surface area contributed by atoms with E-state index in [9.17, 15) is 0 Å². The Balaban J connectivity index is 2.21. The largest absolute Gasteiger partial charge is 0.497 e. The molecule has 4 heteroatoms. The zero-order valence-corrected chi connectivity index (χ0v) is 12.9. The minimum absolute atomic E-state index is 0.764. The van der Waals surface area contributed by atoms with E-state index in [2.05, 4.69) is 40.1 Å². The Morgan fingerprint density at radius 3 is 2.63 bits per heavy atom. The lowest BCUT2D eigenvalue weighted by molar-refractivity contribution is 0.414. The van der Waals surface area contributed by atoms with Gasteiger partial charge in [-0.05, 0) is 31.5 Å². The molecule has 0 aliphatic carbocycles. The van der Waals surface area contributed by atoms with Crippen LogP contribution in [0.15, 0.2) is 36.5 Å². The number of nitrogens with zero attached hydrogens (tertiary/aromatic N) is 2. The van der Waals surface area contributed by atoms with Crippen molar-refractivity contribution in [1.29, 1.82) is 0 Å². The molecule has 0 N–H and O–H groups in total. The number of halogens is 1. The Kier molecular flexibility index (Phi) is 4.43. The highest BCUT2D eigenvalue weighted by molar-refractivity contribution is 9.15. The lowest BCUT2D eigenvalue weighted by Crippen LogP contribution is -2.03. The smallest absolute Gasteiger partial charge is 0.118 e. The van der Waals surface area contributed by atoms with Crippen molar-refractivity contribution in [2.75, 3.05) is 7.11 Å². The van der Waals surface area contributed by atoms with Crippen molar-refractivity contribution in [3.05, 3.63) is 53.4 Å². The fraction of sp³-hybridized carbons (Fsp3) is 0.267. The molecule has 19 heavy (non-hydrogen) atoms. The van der Waals surface area contributed by atoms with Crippen LogP contribution in [0.2, 0.25) is 0 Å². The summed E-state index contributed by atoms with van der Waals surface area (Å²) < 4.78 is 8.23. The van der Waals surface area contributed by atoms with Crippen molar-refractivity contribution < 1.29 is 4.74 Å². The maximum absolute atomic E-state index is 5.16. The van der Waals surface area contributed by atoms with Crippen molar-refractivity contribution in [2.45, 2.75) is 20.4 Å². The molecule has 0 aliphatic rings. The maximum Gasteiger partial charge on any atom is 0.118 e. The topological polar surface area (TPSA) is 27.1 Å². The molecule has 0 atom stereocenters. The summed E-state index contributed by atoms with van der Waals surface area (Å²) in [5.74, 6) is 0.873. The molecule has 0 fully saturated rings. The average Bonchev–Trinajstić information content (AvgIpc) is 2.80. The first-order chi connectivity index (χ1) is 9.15. The summed E-state index contributed by atoms with van der Waals surface area (Å²) in [6.45, 7) is 4.85. The summed E-state index contributed by atoms with van der Waals surface area (Å²) in [7, 11) is 1.67. The Morgan fingerprint density at radius 1 is 1.37 bits per heavy atom. The Hall–Kier alpha value is -1.55. The van der Waals surface area contributed by atoms with Crippen LogP contribution in [0.4, 0.5) is 0 Å². The third-order valence-corrected chi connectivity index (χ3v) is 3.99. The molecule has 1 aromatic carbocycles. The van der Waals surface area contributed by atoms with E-state index in [-0.39, 0.29) is 0 Å². The van der Waals surface area contributed by atoms with Gasteiger partial charge in [-0.3, -0.25) is 4.68 Å². The van der Waals surface area contributed by atoms with E-state index >= 15 is 0 Å². The van der Waals surface area contributed by atoms with E-state index in [1.54, 1.807) is 7.11 Å². The third-order valence-electron chi connectivity index (χ3n) is 3.11. The molecule has 100 valence electrons. The highest BCUT2D eigenvalue weighted by Crippen LogP contribution is 2.24. The van der Waals surface area contributed by atoms with Gasteiger partial charge >= 0.3 is 0 Å². The van der Waals surface area contributed by atoms with Crippen LogP contribution in [0.5, 0.6) is 5.75 Å². The normalized spacial score (nSPS) is 11.7. The number of benzene rings is 1. The molecule has 1 aromatic heterocycles. The number of hydrogen-bond acceptors (Lipinski definition) is 2. The molecule has 0 amide bonds. The minimum atomic E-state index is 0.764. The van der Waals surface area contributed by atoms with Gasteiger partial charge in [0.15, 0.2) is 0 Å². The number of aromatic nitrogens is 2. The molecular weight excluding hydrogens is 304 g/mol. The molecule has 2 aromatic rings. The van der Waals surface area contributed by atoms with Crippen molar-refractivity contribution in [3.8, 4) is 5.75 Å². The summed E-state index contributed by atoms with van der Waals surface area (Å²) in [5.41, 5.74) is 3.49. The Morgan fingerprint density at radius 2 is 2.05 bits per heavy atom. The lowest BCUT2D eigenvalue weighted by atomic mass is 10.2. The fourth-order valence-corrected chi connectivity index (χ4v) is 2.29. The van der Waals surface area contributed by atoms with E-state index in [4.69, 9.17) is 4.74 Å². The predicted molar refractivity (Wildman–Crippen MR) is 81.6 cm³/mol. The molecule has 2 rings (SSSR count). The van der Waals surface area contributed by atoms with Crippen molar-refractivity contribution in [2.24, 2.45) is 0 Å². The van der Waals surface area contributed by atoms with Gasteiger partial charge in [0.05, 0.1) is 19.9 Å². The molecule has 0 saturated heterocycles. The van der Waals surface area contributed by atoms with Crippen LogP contribution in [0.3, 0.4) is 0 Å². The van der Waals surface area contributed by atoms with Crippen LogP contribution in [0.1, 0.15) is 23.7 Å². The number of ether oxygens (including phenoxy) is 1. The van der Waals surface area contributed by atoms with Gasteiger partial charge in [-0.2, -0.15) is 5.10 Å². The summed E-state index contributed by atoms with van der Waals surface area (Å²) >= 11 is 3.54. The van der Waals surface area contributed by atoms with Crippen LogP contribution in [0.25, 0.3) is 4.48 Å². The monoisotopic (exact) mass is 320 g/mol. The Bertz CT molecular complexity index is 585. The first-order valence-electron chi connectivity index (χ1n) is 6.13. The van der Waals surface area contributed by atoms with Gasteiger partial charge in [0.2, 0.25) is 0 Å². The lowest BCUT2D eigenvalue weighted by Gasteiger charge is -2.07. The van der Waals surface area contributed by atoms with Crippen molar-refractivity contribution in [3.63, 3.8) is 0 Å². The van der Waals surface area contributed by atoms with Gasteiger partial charge in [0, 0.05) is 15.7 Å². The van der Waals surface area contributed by atoms with E-state index < -0.39 is 0 Å². The second kappa shape index (κ2) is 6.06. The molecule has 0 saturated carbocycles. The molecule has 0 spiro atoms. The minimum Gasteiger partial charge on any atom is -0.497 e. The molecule has 0 aliphatic heterocycles. The van der Waals surface area contributed by atoms with Crippen LogP contribution in [-0.4, -0.2) is 16.9 Å². The van der Waals surface area contributed by atoms with E-state index in [1.165, 1.54) is 5.56 Å². The quantitative estimate of drug-likeness (QED) is 0.851. The first-order valence-corrected chi connectivity index (χ1v) is 6.92. The number of methoxy groups -OCH3 is 1. The van der Waals surface area contributed by atoms with Crippen molar-refractivity contribution in [1.82, 2.24) is 9.78 Å². The van der Waals surface area contributed by atoms with E-state index in [0.29, 0.717) is 0 Å². The van der Waals surface area contributed by atoms with E-state index in [0.717, 1.165) is 28.0 Å². The summed E-state index contributed by atoms with van der Waals surface area (Å²) in [4.78, 5) is 0. The highest BCUT2D eigenvalue weighted by atomic mass is 79.9. The van der Waals surface area contributed by atoms with Gasteiger partial charge in [0.25, 0.3) is 0 Å². The third kappa shape index (κ3) is 3.07. The molecule has 0 radical (unpaired) electrons. The maximum atomic E-state index is 5.16. The first kappa shape index (κ1) is 13.9. The zero-order valence-electron chi connectivity index (χ0n) is 11.4. The fourth-order valence-electron chi connectivity index (χ4n) is 1.90. The summed E-state index contributed by atoms with van der Waals surface area (Å²) in [5, 5.41) is 4.44. The molecule has 3 nitrogen and oxygen atoms in total. The molecular formula is C15H17BrN2O. The number of hydrogen-bond donors (Lipinski definition) is 0. The number of allylic oxidation sites excluding steroid dienone is 1. The van der Waals surface area contributed by atoms with Crippen LogP contribution in [0, 0.1) is 6.92 Å². The van der Waals surface area contributed by atoms with Crippen molar-refractivity contribution >= 4 is 20.4 Å². The van der Waals surface area contributed by atoms with Gasteiger partial charge in [-0.25, -0.2) is 0 Å². The second-order valence-corrected chi connectivity index (χ2v) is 5.14. The molecule has 0 bridgehead atoms. The van der Waals surface area contributed by atoms with Crippen LogP contribution < -0.4 is 4.74 Å². The summed E-state index contributed by atoms with van der Waals surface area (Å²) in [6.07, 6.45) is 3.92. The predicted octanol–water partition coefficient (Wildman–Crippen LogP) is 4.00. The molecule has 0 unspecified atom stereocenters. The van der Waals surface area contributed by atoms with Crippen LogP contribution in [-0.2, 0) is 6.54 Å². The number of rotatable bonds is 4. The summed E-state index contributed by atoms with van der Waals surface area (Å²) in [6, 6.07) is 8.06. The molecule has 1 heterocycles. The standard InChI is InChI=1S/C15H17BrN2O/c1-4-15(16)14-9-17-18(11(14)2)10-12-5-7-13(19-3)8-6-12/h4-9H,10H2,1-3H3/b15-4+.